The maximum atomic E-state index is 9.43. The van der Waals surface area contributed by atoms with Gasteiger partial charge in [-0.25, -0.2) is 0 Å². The minimum absolute atomic E-state index is 0. The summed E-state index contributed by atoms with van der Waals surface area (Å²) in [5.74, 6) is -1.07. The number of carbonyl (C=O) groups is 1. The molecule has 0 rings (SSSR count). The lowest BCUT2D eigenvalue weighted by atomic mass is 10.3. The molecule has 0 amide bonds. The van der Waals surface area contributed by atoms with Gasteiger partial charge in [-0.05, 0) is 62.4 Å². The van der Waals surface area contributed by atoms with Gasteiger partial charge in [-0.2, -0.15) is 0 Å². The summed E-state index contributed by atoms with van der Waals surface area (Å²) in [5.41, 5.74) is 0. The molecule has 0 aliphatic heterocycles. The third-order valence-corrected chi connectivity index (χ3v) is 5.69. The molecular weight excluding hydrogens is 318 g/mol. The van der Waals surface area contributed by atoms with Gasteiger partial charge in [0.25, 0.3) is 0 Å². The van der Waals surface area contributed by atoms with Crippen LogP contribution >= 0.6 is 0 Å². The summed E-state index contributed by atoms with van der Waals surface area (Å²) in [6, 6.07) is 0. The number of aliphatic carboxylic acids is 1. The van der Waals surface area contributed by atoms with E-state index >= 15 is 0 Å². The highest BCUT2D eigenvalue weighted by atomic mass is 16.4. The first-order valence-electron chi connectivity index (χ1n) is 9.80. The quantitative estimate of drug-likeness (QED) is 0.595. The number of nitrogens with one attached hydrogen (secondary N) is 1. The van der Waals surface area contributed by atoms with Crippen molar-refractivity contribution in [2.75, 3.05) is 66.0 Å². The lowest BCUT2D eigenvalue weighted by Crippen LogP contribution is -2.47. The highest BCUT2D eigenvalue weighted by molar-refractivity contribution is 5.66. The van der Waals surface area contributed by atoms with Crippen LogP contribution in [0.2, 0.25) is 0 Å². The van der Waals surface area contributed by atoms with Gasteiger partial charge in [-0.15, -0.1) is 0 Å². The van der Waals surface area contributed by atoms with E-state index in [2.05, 4.69) is 60.7 Å². The molecule has 6 nitrogen and oxygen atoms in total. The SMILES string of the molecule is CC[N+](CC)(CC)CC.CC[N+](CC)(CC)CC.CNCC(=O)[O-].[OH-]. The Hall–Kier alpha value is -0.690. The minimum Gasteiger partial charge on any atom is -0.870 e. The van der Waals surface area contributed by atoms with Crippen molar-refractivity contribution in [2.24, 2.45) is 0 Å². The lowest BCUT2D eigenvalue weighted by Gasteiger charge is -2.34. The fourth-order valence-electron chi connectivity index (χ4n) is 2.83. The second kappa shape index (κ2) is 19.6. The summed E-state index contributed by atoms with van der Waals surface area (Å²) < 4.78 is 2.56. The van der Waals surface area contributed by atoms with Gasteiger partial charge in [0.1, 0.15) is 0 Å². The van der Waals surface area contributed by atoms with Crippen molar-refractivity contribution in [2.45, 2.75) is 55.4 Å². The van der Waals surface area contributed by atoms with Crippen LogP contribution in [0.3, 0.4) is 0 Å². The third kappa shape index (κ3) is 15.3. The van der Waals surface area contributed by atoms with E-state index in [0.29, 0.717) is 0 Å². The molecule has 0 heterocycles. The number of carboxylic acid groups (broad SMARTS) is 1. The molecule has 0 bridgehead atoms. The van der Waals surface area contributed by atoms with Crippen LogP contribution < -0.4 is 10.4 Å². The van der Waals surface area contributed by atoms with Gasteiger partial charge in [-0.3, -0.25) is 0 Å². The van der Waals surface area contributed by atoms with Gasteiger partial charge >= 0.3 is 0 Å². The molecule has 0 unspecified atom stereocenters. The van der Waals surface area contributed by atoms with Gasteiger partial charge in [0, 0.05) is 6.54 Å². The van der Waals surface area contributed by atoms with Crippen molar-refractivity contribution in [3.63, 3.8) is 0 Å². The molecular formula is C19H47N3O3. The van der Waals surface area contributed by atoms with E-state index in [1.54, 1.807) is 7.05 Å². The Morgan fingerprint density at radius 1 is 0.680 bits per heavy atom. The first kappa shape index (κ1) is 32.0. The Labute approximate surface area is 157 Å². The van der Waals surface area contributed by atoms with E-state index < -0.39 is 5.97 Å². The summed E-state index contributed by atoms with van der Waals surface area (Å²) in [6.07, 6.45) is 0. The summed E-state index contributed by atoms with van der Waals surface area (Å²) in [5, 5.41) is 11.8. The van der Waals surface area contributed by atoms with Crippen molar-refractivity contribution >= 4 is 5.97 Å². The minimum atomic E-state index is -1.07. The molecule has 6 heteroatoms. The van der Waals surface area contributed by atoms with Gasteiger partial charge in [-0.1, -0.05) is 0 Å². The van der Waals surface area contributed by atoms with Crippen molar-refractivity contribution in [1.29, 1.82) is 0 Å². The van der Waals surface area contributed by atoms with E-state index in [-0.39, 0.29) is 12.0 Å². The third-order valence-electron chi connectivity index (χ3n) is 5.69. The maximum absolute atomic E-state index is 9.43. The molecule has 25 heavy (non-hydrogen) atoms. The average Bonchev–Trinajstić information content (AvgIpc) is 2.61. The van der Waals surface area contributed by atoms with E-state index in [0.717, 1.165) is 0 Å². The number of hydrogen-bond donors (Lipinski definition) is 1. The molecule has 2 N–H and O–H groups in total. The predicted octanol–water partition coefficient (Wildman–Crippen LogP) is 1.54. The van der Waals surface area contributed by atoms with Crippen LogP contribution in [-0.4, -0.2) is 86.4 Å². The van der Waals surface area contributed by atoms with E-state index in [1.165, 1.54) is 61.3 Å². The van der Waals surface area contributed by atoms with Crippen LogP contribution in [0, 0.1) is 0 Å². The number of quaternary nitrogens is 2. The first-order chi connectivity index (χ1) is 11.3. The highest BCUT2D eigenvalue weighted by Crippen LogP contribution is 2.03. The largest absolute Gasteiger partial charge is 0.870 e. The molecule has 0 atom stereocenters. The van der Waals surface area contributed by atoms with Gasteiger partial charge in [0.05, 0.1) is 58.3 Å². The normalized spacial score (nSPS) is 10.6. The molecule has 0 aromatic rings. The molecule has 0 aliphatic rings. The summed E-state index contributed by atoms with van der Waals surface area (Å²) >= 11 is 0. The zero-order chi connectivity index (χ0) is 19.6. The molecule has 0 aromatic heterocycles. The van der Waals surface area contributed by atoms with Crippen molar-refractivity contribution in [3.8, 4) is 0 Å². The second-order valence-electron chi connectivity index (χ2n) is 6.12. The molecule has 0 aliphatic carbocycles. The van der Waals surface area contributed by atoms with Crippen LogP contribution in [0.4, 0.5) is 0 Å². The molecule has 0 radical (unpaired) electrons. The molecule has 0 fully saturated rings. The smallest absolute Gasteiger partial charge is 0.0757 e. The van der Waals surface area contributed by atoms with Crippen molar-refractivity contribution < 1.29 is 24.3 Å². The Morgan fingerprint density at radius 3 is 0.880 bits per heavy atom. The van der Waals surface area contributed by atoms with Crippen molar-refractivity contribution in [3.05, 3.63) is 0 Å². The van der Waals surface area contributed by atoms with E-state index in [4.69, 9.17) is 0 Å². The zero-order valence-corrected chi connectivity index (χ0v) is 18.5. The monoisotopic (exact) mass is 365 g/mol. The number of carbonyl (C=O) groups excluding carboxylic acids is 1. The number of nitrogens with zero attached hydrogens (tertiary/aromatic N) is 2. The van der Waals surface area contributed by atoms with Crippen LogP contribution in [0.15, 0.2) is 0 Å². The van der Waals surface area contributed by atoms with Crippen LogP contribution in [0.5, 0.6) is 0 Å². The van der Waals surface area contributed by atoms with Gasteiger partial charge in [0.15, 0.2) is 0 Å². The predicted molar refractivity (Wildman–Crippen MR) is 106 cm³/mol. The van der Waals surface area contributed by atoms with Crippen LogP contribution in [0.1, 0.15) is 55.4 Å². The Balaban J connectivity index is -0.000000133. The van der Waals surface area contributed by atoms with Crippen molar-refractivity contribution in [1.82, 2.24) is 5.32 Å². The van der Waals surface area contributed by atoms with Crippen LogP contribution in [-0.2, 0) is 4.79 Å². The Bertz CT molecular complexity index is 224. The highest BCUT2D eigenvalue weighted by Gasteiger charge is 2.16. The summed E-state index contributed by atoms with van der Waals surface area (Å²) in [6.45, 7) is 28.4. The standard InChI is InChI=1S/2C8H20N.C3H7NO2.H2O/c2*1-5-9(6-2,7-3)8-4;1-4-2-3(5)6;/h2*5-8H2,1-4H3;4H,2H2,1H3,(H,5,6);1H2/q2*+1;;/p-2. The zero-order valence-electron chi connectivity index (χ0n) is 18.5. The molecule has 0 saturated heterocycles. The number of likely N-dealkylation sites (N-methyl/N-ethyl adjacent to an activating group) is 1. The topological polar surface area (TPSA) is 82.2 Å². The number of hydrogen-bond acceptors (Lipinski definition) is 4. The van der Waals surface area contributed by atoms with E-state index in [1.807, 2.05) is 0 Å². The summed E-state index contributed by atoms with van der Waals surface area (Å²) in [7, 11) is 1.55. The van der Waals surface area contributed by atoms with E-state index in [9.17, 15) is 9.90 Å². The molecule has 0 saturated carbocycles. The first-order valence-corrected chi connectivity index (χ1v) is 9.80. The van der Waals surface area contributed by atoms with Crippen LogP contribution in [0.25, 0.3) is 0 Å². The Morgan fingerprint density at radius 2 is 0.880 bits per heavy atom. The fraction of sp³-hybridized carbons (Fsp3) is 0.947. The number of carboxylic acids is 1. The second-order valence-corrected chi connectivity index (χ2v) is 6.12. The molecule has 156 valence electrons. The molecule has 0 aromatic carbocycles. The Kier molecular flexibility index (Phi) is 25.1. The fourth-order valence-corrected chi connectivity index (χ4v) is 2.83. The maximum Gasteiger partial charge on any atom is 0.0757 e. The van der Waals surface area contributed by atoms with Gasteiger partial charge in [0.2, 0.25) is 0 Å². The van der Waals surface area contributed by atoms with Gasteiger partial charge < -0.3 is 29.7 Å². The average molecular weight is 366 g/mol. The molecule has 0 spiro atoms. The number of rotatable bonds is 10. The summed E-state index contributed by atoms with van der Waals surface area (Å²) in [4.78, 5) is 9.43. The lowest BCUT2D eigenvalue weighted by molar-refractivity contribution is -0.921.